The smallest absolute Gasteiger partial charge is 0.237 e. The quantitative estimate of drug-likeness (QED) is 0.880. The first-order valence-electron chi connectivity index (χ1n) is 6.39. The fraction of sp³-hybridized carbons (Fsp3) is 0.500. The second kappa shape index (κ2) is 5.72. The van der Waals surface area contributed by atoms with Crippen LogP contribution in [-0.4, -0.2) is 11.9 Å². The van der Waals surface area contributed by atoms with Crippen molar-refractivity contribution >= 4 is 17.5 Å². The molecule has 0 bridgehead atoms. The molecular formula is C14H19ClN2O. The van der Waals surface area contributed by atoms with Gasteiger partial charge in [0.05, 0.1) is 12.1 Å². The fourth-order valence-electron chi connectivity index (χ4n) is 2.20. The van der Waals surface area contributed by atoms with Crippen LogP contribution in [0.4, 0.5) is 0 Å². The Morgan fingerprint density at radius 3 is 2.44 bits per heavy atom. The molecule has 3 nitrogen and oxygen atoms in total. The van der Waals surface area contributed by atoms with Crippen molar-refractivity contribution in [3.8, 4) is 0 Å². The topological polar surface area (TPSA) is 55.1 Å². The first-order chi connectivity index (χ1) is 8.58. The first kappa shape index (κ1) is 13.4. The largest absolute Gasteiger partial charge is 0.348 e. The third-order valence-electron chi connectivity index (χ3n) is 3.56. The Bertz CT molecular complexity index is 412. The number of carbonyl (C=O) groups is 1. The Morgan fingerprint density at radius 1 is 1.39 bits per heavy atom. The molecule has 18 heavy (non-hydrogen) atoms. The molecule has 1 aliphatic carbocycles. The number of benzene rings is 1. The maximum absolute atomic E-state index is 11.8. The lowest BCUT2D eigenvalue weighted by Gasteiger charge is -2.35. The van der Waals surface area contributed by atoms with Crippen molar-refractivity contribution in [1.82, 2.24) is 5.32 Å². The van der Waals surface area contributed by atoms with Crippen molar-refractivity contribution in [1.29, 1.82) is 0 Å². The number of amides is 1. The van der Waals surface area contributed by atoms with Gasteiger partial charge in [-0.25, -0.2) is 0 Å². The van der Waals surface area contributed by atoms with Crippen LogP contribution >= 0.6 is 11.6 Å². The maximum Gasteiger partial charge on any atom is 0.237 e. The van der Waals surface area contributed by atoms with Crippen LogP contribution in [0.2, 0.25) is 5.02 Å². The Morgan fingerprint density at radius 2 is 2.00 bits per heavy atom. The molecule has 1 aliphatic rings. The van der Waals surface area contributed by atoms with E-state index < -0.39 is 6.04 Å². The van der Waals surface area contributed by atoms with Gasteiger partial charge >= 0.3 is 0 Å². The average molecular weight is 267 g/mol. The second-order valence-corrected chi connectivity index (χ2v) is 5.45. The summed E-state index contributed by atoms with van der Waals surface area (Å²) in [4.78, 5) is 11.8. The lowest BCUT2D eigenvalue weighted by molar-refractivity contribution is -0.123. The molecule has 1 aromatic carbocycles. The number of rotatable bonds is 4. The molecule has 98 valence electrons. The minimum absolute atomic E-state index is 0.0644. The summed E-state index contributed by atoms with van der Waals surface area (Å²) in [5, 5.41) is 3.76. The molecule has 0 aliphatic heterocycles. The first-order valence-corrected chi connectivity index (χ1v) is 6.77. The van der Waals surface area contributed by atoms with Crippen molar-refractivity contribution in [3.63, 3.8) is 0 Å². The molecule has 3 N–H and O–H groups in total. The molecule has 0 radical (unpaired) electrons. The lowest BCUT2D eigenvalue weighted by Crippen LogP contribution is -2.43. The highest BCUT2D eigenvalue weighted by atomic mass is 35.5. The van der Waals surface area contributed by atoms with E-state index in [1.165, 1.54) is 6.42 Å². The summed E-state index contributed by atoms with van der Waals surface area (Å²) in [5.41, 5.74) is 6.72. The highest BCUT2D eigenvalue weighted by Crippen LogP contribution is 2.37. The summed E-state index contributed by atoms with van der Waals surface area (Å²) in [5.74, 6) is 0.427. The predicted octanol–water partition coefficient (Wildman–Crippen LogP) is 2.64. The minimum Gasteiger partial charge on any atom is -0.348 e. The van der Waals surface area contributed by atoms with Gasteiger partial charge in [-0.15, -0.1) is 0 Å². The van der Waals surface area contributed by atoms with Crippen LogP contribution in [-0.2, 0) is 4.79 Å². The van der Waals surface area contributed by atoms with Crippen LogP contribution in [0.15, 0.2) is 24.3 Å². The molecule has 1 fully saturated rings. The zero-order valence-electron chi connectivity index (χ0n) is 10.5. The van der Waals surface area contributed by atoms with E-state index in [1.807, 2.05) is 24.3 Å². The molecule has 4 heteroatoms. The van der Waals surface area contributed by atoms with Crippen molar-refractivity contribution in [2.45, 2.75) is 38.3 Å². The summed E-state index contributed by atoms with van der Waals surface area (Å²) < 4.78 is 0. The van der Waals surface area contributed by atoms with Crippen molar-refractivity contribution in [2.24, 2.45) is 11.7 Å². The fourth-order valence-corrected chi connectivity index (χ4v) is 2.33. The van der Waals surface area contributed by atoms with E-state index in [1.54, 1.807) is 6.92 Å². The molecule has 1 saturated carbocycles. The van der Waals surface area contributed by atoms with E-state index in [4.69, 9.17) is 17.3 Å². The molecule has 0 heterocycles. The number of nitrogens with two attached hydrogens (primary N) is 1. The van der Waals surface area contributed by atoms with Crippen molar-refractivity contribution in [2.75, 3.05) is 0 Å². The Hall–Kier alpha value is -1.06. The number of nitrogens with one attached hydrogen (secondary N) is 1. The van der Waals surface area contributed by atoms with Crippen LogP contribution in [0, 0.1) is 5.92 Å². The molecule has 0 spiro atoms. The highest BCUT2D eigenvalue weighted by Gasteiger charge is 2.30. The predicted molar refractivity (Wildman–Crippen MR) is 73.3 cm³/mol. The van der Waals surface area contributed by atoms with Gasteiger partial charge < -0.3 is 11.1 Å². The maximum atomic E-state index is 11.8. The van der Waals surface area contributed by atoms with Crippen LogP contribution in [0.1, 0.15) is 37.8 Å². The van der Waals surface area contributed by atoms with Crippen molar-refractivity contribution < 1.29 is 4.79 Å². The van der Waals surface area contributed by atoms with Gasteiger partial charge in [0.1, 0.15) is 0 Å². The number of halogens is 1. The molecule has 1 unspecified atom stereocenters. The third kappa shape index (κ3) is 3.03. The molecular weight excluding hydrogens is 248 g/mol. The van der Waals surface area contributed by atoms with Crippen LogP contribution in [0.3, 0.4) is 0 Å². The molecule has 1 amide bonds. The lowest BCUT2D eigenvalue weighted by atomic mass is 9.77. The minimum atomic E-state index is -0.472. The number of hydrogen-bond acceptors (Lipinski definition) is 2. The van der Waals surface area contributed by atoms with Gasteiger partial charge in [-0.1, -0.05) is 30.2 Å². The zero-order chi connectivity index (χ0) is 13.1. The zero-order valence-corrected chi connectivity index (χ0v) is 11.3. The number of carbonyl (C=O) groups excluding carboxylic acids is 1. The number of hydrogen-bond donors (Lipinski definition) is 2. The van der Waals surface area contributed by atoms with Gasteiger partial charge in [0.15, 0.2) is 0 Å². The monoisotopic (exact) mass is 266 g/mol. The summed E-state index contributed by atoms with van der Waals surface area (Å²) >= 11 is 5.89. The van der Waals surface area contributed by atoms with E-state index in [0.717, 1.165) is 18.4 Å². The van der Waals surface area contributed by atoms with Crippen LogP contribution < -0.4 is 11.1 Å². The SMILES string of the molecule is C[C@@H](N)C(=O)NC(c1ccc(Cl)cc1)C1CCC1. The van der Waals surface area contributed by atoms with E-state index in [2.05, 4.69) is 5.32 Å². The Labute approximate surface area is 113 Å². The second-order valence-electron chi connectivity index (χ2n) is 5.02. The Balaban J connectivity index is 2.14. The van der Waals surface area contributed by atoms with Gasteiger partial charge in [0.2, 0.25) is 5.91 Å². The van der Waals surface area contributed by atoms with Gasteiger partial charge in [-0.3, -0.25) is 4.79 Å². The van der Waals surface area contributed by atoms with Gasteiger partial charge in [-0.2, -0.15) is 0 Å². The molecule has 0 saturated heterocycles. The standard InChI is InChI=1S/C14H19ClN2O/c1-9(16)14(18)17-13(10-3-2-4-10)11-5-7-12(15)8-6-11/h5-10,13H,2-4,16H2,1H3,(H,17,18)/t9-,13?/m1/s1. The average Bonchev–Trinajstić information content (AvgIpc) is 2.26. The third-order valence-corrected chi connectivity index (χ3v) is 3.81. The summed E-state index contributed by atoms with van der Waals surface area (Å²) in [6.45, 7) is 1.70. The molecule has 2 atom stereocenters. The molecule has 0 aromatic heterocycles. The van der Waals surface area contributed by atoms with Gasteiger partial charge in [-0.05, 0) is 43.4 Å². The summed E-state index contributed by atoms with van der Waals surface area (Å²) in [6.07, 6.45) is 3.56. The molecule has 1 aromatic rings. The van der Waals surface area contributed by atoms with Gasteiger partial charge in [0.25, 0.3) is 0 Å². The van der Waals surface area contributed by atoms with Crippen LogP contribution in [0.25, 0.3) is 0 Å². The van der Waals surface area contributed by atoms with E-state index in [9.17, 15) is 4.79 Å². The molecule has 2 rings (SSSR count). The van der Waals surface area contributed by atoms with Crippen molar-refractivity contribution in [3.05, 3.63) is 34.9 Å². The Kier molecular flexibility index (Phi) is 4.25. The van der Waals surface area contributed by atoms with E-state index in [-0.39, 0.29) is 11.9 Å². The summed E-state index contributed by atoms with van der Waals surface area (Å²) in [7, 11) is 0. The van der Waals surface area contributed by atoms with Gasteiger partial charge in [0, 0.05) is 5.02 Å². The van der Waals surface area contributed by atoms with Crippen LogP contribution in [0.5, 0.6) is 0 Å². The normalized spacial score (nSPS) is 18.8. The highest BCUT2D eigenvalue weighted by molar-refractivity contribution is 6.30. The van der Waals surface area contributed by atoms with E-state index >= 15 is 0 Å². The summed E-state index contributed by atoms with van der Waals surface area (Å²) in [6, 6.07) is 7.27. The van der Waals surface area contributed by atoms with E-state index in [0.29, 0.717) is 10.9 Å².